The van der Waals surface area contributed by atoms with Gasteiger partial charge in [-0.2, -0.15) is 0 Å². The minimum atomic E-state index is -0.544. The zero-order valence-electron chi connectivity index (χ0n) is 15.0. The molecule has 1 heterocycles. The highest BCUT2D eigenvalue weighted by atomic mass is 35.5. The van der Waals surface area contributed by atoms with Crippen LogP contribution in [-0.4, -0.2) is 23.5 Å². The standard InChI is InChI=1S/C21H16Cl2N2O3/c1-11-16(22)9-17(23)20(24-11)25-18(26)10-28-21(27)15-8-7-13-6-5-12-3-2-4-14(15)19(12)13/h2-4,7-9H,5-6,10H2,1H3,(H,24,25,26). The number of carbonyl (C=O) groups is 2. The van der Waals surface area contributed by atoms with Crippen LogP contribution in [0.1, 0.15) is 27.2 Å². The van der Waals surface area contributed by atoms with E-state index < -0.39 is 18.5 Å². The number of hydrogen-bond donors (Lipinski definition) is 1. The van der Waals surface area contributed by atoms with Gasteiger partial charge in [0, 0.05) is 0 Å². The van der Waals surface area contributed by atoms with Gasteiger partial charge in [0.2, 0.25) is 0 Å². The summed E-state index contributed by atoms with van der Waals surface area (Å²) in [5, 5.41) is 5.12. The van der Waals surface area contributed by atoms with E-state index >= 15 is 0 Å². The molecule has 1 N–H and O–H groups in total. The number of hydrogen-bond acceptors (Lipinski definition) is 4. The fraction of sp³-hybridized carbons (Fsp3) is 0.190. The van der Waals surface area contributed by atoms with E-state index in [1.165, 1.54) is 17.2 Å². The molecular weight excluding hydrogens is 399 g/mol. The van der Waals surface area contributed by atoms with E-state index in [9.17, 15) is 9.59 Å². The van der Waals surface area contributed by atoms with Gasteiger partial charge in [0.25, 0.3) is 5.91 Å². The number of halogens is 2. The lowest BCUT2D eigenvalue weighted by Crippen LogP contribution is -2.22. The van der Waals surface area contributed by atoms with Crippen molar-refractivity contribution in [3.05, 3.63) is 68.8 Å². The van der Waals surface area contributed by atoms with Gasteiger partial charge in [0.15, 0.2) is 12.4 Å². The van der Waals surface area contributed by atoms with Crippen LogP contribution in [0.15, 0.2) is 36.4 Å². The van der Waals surface area contributed by atoms with Crippen LogP contribution in [0.25, 0.3) is 10.8 Å². The molecule has 1 aliphatic rings. The lowest BCUT2D eigenvalue weighted by atomic mass is 10.00. The largest absolute Gasteiger partial charge is 0.452 e. The van der Waals surface area contributed by atoms with E-state index in [1.807, 2.05) is 18.2 Å². The van der Waals surface area contributed by atoms with E-state index in [-0.39, 0.29) is 10.8 Å². The number of esters is 1. The highest BCUT2D eigenvalue weighted by Crippen LogP contribution is 2.33. The number of pyridine rings is 1. The first-order valence-corrected chi connectivity index (χ1v) is 9.52. The van der Waals surface area contributed by atoms with Crippen molar-refractivity contribution in [2.24, 2.45) is 0 Å². The van der Waals surface area contributed by atoms with Gasteiger partial charge in [0.1, 0.15) is 0 Å². The molecule has 0 atom stereocenters. The summed E-state index contributed by atoms with van der Waals surface area (Å²) >= 11 is 12.0. The van der Waals surface area contributed by atoms with Gasteiger partial charge in [-0.3, -0.25) is 4.79 Å². The Labute approximate surface area is 171 Å². The number of ether oxygens (including phenoxy) is 1. The Hall–Kier alpha value is -2.63. The maximum absolute atomic E-state index is 12.6. The Morgan fingerprint density at radius 3 is 2.64 bits per heavy atom. The Balaban J connectivity index is 1.48. The smallest absolute Gasteiger partial charge is 0.339 e. The molecule has 1 aliphatic carbocycles. The number of aromatic nitrogens is 1. The van der Waals surface area contributed by atoms with E-state index in [0.29, 0.717) is 16.3 Å². The molecule has 0 fully saturated rings. The topological polar surface area (TPSA) is 68.3 Å². The molecule has 0 unspecified atom stereocenters. The third-order valence-corrected chi connectivity index (χ3v) is 5.46. The van der Waals surface area contributed by atoms with Crippen LogP contribution in [-0.2, 0) is 22.4 Å². The normalized spacial score (nSPS) is 12.2. The average molecular weight is 415 g/mol. The molecule has 1 amide bonds. The molecule has 142 valence electrons. The first kappa shape index (κ1) is 18.7. The first-order valence-electron chi connectivity index (χ1n) is 8.77. The molecule has 5 nitrogen and oxygen atoms in total. The Bertz CT molecular complexity index is 1120. The van der Waals surface area contributed by atoms with Crippen LogP contribution >= 0.6 is 23.2 Å². The number of rotatable bonds is 4. The van der Waals surface area contributed by atoms with Gasteiger partial charge < -0.3 is 10.1 Å². The van der Waals surface area contributed by atoms with Gasteiger partial charge >= 0.3 is 5.97 Å². The lowest BCUT2D eigenvalue weighted by Gasteiger charge is -2.10. The minimum absolute atomic E-state index is 0.176. The predicted molar refractivity (Wildman–Crippen MR) is 109 cm³/mol. The predicted octanol–water partition coefficient (Wildman–Crippen LogP) is 4.74. The van der Waals surface area contributed by atoms with Crippen LogP contribution in [0.5, 0.6) is 0 Å². The van der Waals surface area contributed by atoms with Crippen LogP contribution in [0.2, 0.25) is 10.0 Å². The molecule has 0 bridgehead atoms. The molecule has 0 spiro atoms. The number of aryl methyl sites for hydroxylation is 3. The van der Waals surface area contributed by atoms with Crippen LogP contribution in [0.4, 0.5) is 5.82 Å². The number of amides is 1. The van der Waals surface area contributed by atoms with E-state index in [0.717, 1.165) is 23.6 Å². The monoisotopic (exact) mass is 414 g/mol. The average Bonchev–Trinajstić information content (AvgIpc) is 3.09. The van der Waals surface area contributed by atoms with Crippen molar-refractivity contribution in [3.8, 4) is 0 Å². The highest BCUT2D eigenvalue weighted by Gasteiger charge is 2.20. The van der Waals surface area contributed by atoms with Crippen molar-refractivity contribution in [2.45, 2.75) is 19.8 Å². The number of nitrogens with zero attached hydrogens (tertiary/aromatic N) is 1. The Morgan fingerprint density at radius 1 is 1.11 bits per heavy atom. The summed E-state index contributed by atoms with van der Waals surface area (Å²) in [5.41, 5.74) is 3.46. The summed E-state index contributed by atoms with van der Waals surface area (Å²) in [6.07, 6.45) is 1.95. The molecule has 1 aromatic heterocycles. The van der Waals surface area contributed by atoms with E-state index in [4.69, 9.17) is 27.9 Å². The zero-order valence-corrected chi connectivity index (χ0v) is 16.5. The molecule has 0 aliphatic heterocycles. The number of carbonyl (C=O) groups excluding carboxylic acids is 2. The second-order valence-electron chi connectivity index (χ2n) is 6.62. The Kier molecular flexibility index (Phi) is 4.96. The maximum Gasteiger partial charge on any atom is 0.339 e. The molecule has 28 heavy (non-hydrogen) atoms. The second kappa shape index (κ2) is 7.41. The van der Waals surface area contributed by atoms with Crippen LogP contribution in [0, 0.1) is 6.92 Å². The van der Waals surface area contributed by atoms with Gasteiger partial charge in [-0.15, -0.1) is 0 Å². The van der Waals surface area contributed by atoms with Crippen molar-refractivity contribution in [3.63, 3.8) is 0 Å². The van der Waals surface area contributed by atoms with Gasteiger partial charge in [-0.1, -0.05) is 47.5 Å². The summed E-state index contributed by atoms with van der Waals surface area (Å²) in [7, 11) is 0. The highest BCUT2D eigenvalue weighted by molar-refractivity contribution is 6.36. The molecule has 3 aromatic rings. The molecule has 2 aromatic carbocycles. The van der Waals surface area contributed by atoms with Gasteiger partial charge in [-0.05, 0) is 53.8 Å². The lowest BCUT2D eigenvalue weighted by molar-refractivity contribution is -0.119. The van der Waals surface area contributed by atoms with Crippen molar-refractivity contribution in [2.75, 3.05) is 11.9 Å². The third kappa shape index (κ3) is 3.43. The fourth-order valence-electron chi connectivity index (χ4n) is 3.45. The Morgan fingerprint density at radius 2 is 1.86 bits per heavy atom. The second-order valence-corrected chi connectivity index (χ2v) is 7.44. The minimum Gasteiger partial charge on any atom is -0.452 e. The summed E-state index contributed by atoms with van der Waals surface area (Å²) in [6.45, 7) is 1.26. The summed E-state index contributed by atoms with van der Waals surface area (Å²) in [6, 6.07) is 11.1. The summed E-state index contributed by atoms with van der Waals surface area (Å²) in [5.74, 6) is -0.901. The van der Waals surface area contributed by atoms with E-state index in [1.54, 1.807) is 13.0 Å². The maximum atomic E-state index is 12.6. The first-order chi connectivity index (χ1) is 13.4. The molecule has 7 heteroatoms. The van der Waals surface area contributed by atoms with Crippen molar-refractivity contribution in [1.29, 1.82) is 0 Å². The van der Waals surface area contributed by atoms with E-state index in [2.05, 4.69) is 16.4 Å². The number of anilines is 1. The molecule has 0 saturated carbocycles. The SMILES string of the molecule is Cc1nc(NC(=O)COC(=O)c2ccc3c4c(cccc24)CC3)c(Cl)cc1Cl. The number of benzene rings is 2. The van der Waals surface area contributed by atoms with Crippen LogP contribution in [0.3, 0.4) is 0 Å². The number of nitrogens with one attached hydrogen (secondary N) is 1. The molecular formula is C21H16Cl2N2O3. The van der Waals surface area contributed by atoms with Crippen molar-refractivity contribution >= 4 is 51.7 Å². The van der Waals surface area contributed by atoms with Crippen molar-refractivity contribution < 1.29 is 14.3 Å². The van der Waals surface area contributed by atoms with Crippen molar-refractivity contribution in [1.82, 2.24) is 4.98 Å². The molecule has 4 rings (SSSR count). The summed E-state index contributed by atoms with van der Waals surface area (Å²) < 4.78 is 5.22. The molecule has 0 saturated heterocycles. The van der Waals surface area contributed by atoms with Crippen LogP contribution < -0.4 is 5.32 Å². The van der Waals surface area contributed by atoms with Gasteiger partial charge in [0.05, 0.1) is 21.3 Å². The zero-order chi connectivity index (χ0) is 19.8. The molecule has 0 radical (unpaired) electrons. The van der Waals surface area contributed by atoms with Gasteiger partial charge in [-0.25, -0.2) is 9.78 Å². The summed E-state index contributed by atoms with van der Waals surface area (Å²) in [4.78, 5) is 28.8. The third-order valence-electron chi connectivity index (χ3n) is 4.79. The fourth-order valence-corrected chi connectivity index (χ4v) is 3.85. The quantitative estimate of drug-likeness (QED) is 0.625.